The maximum Gasteiger partial charge on any atom is 0.253 e. The van der Waals surface area contributed by atoms with Crippen molar-refractivity contribution in [2.75, 3.05) is 40.2 Å². The van der Waals surface area contributed by atoms with E-state index in [4.69, 9.17) is 19.9 Å². The van der Waals surface area contributed by atoms with Crippen LogP contribution in [0.4, 0.5) is 5.69 Å². The number of carbonyl (C=O) groups excluding carboxylic acids is 1. The zero-order valence-corrected chi connectivity index (χ0v) is 12.9. The summed E-state index contributed by atoms with van der Waals surface area (Å²) in [6, 6.07) is 3.26. The molecule has 0 saturated carbocycles. The van der Waals surface area contributed by atoms with Gasteiger partial charge < -0.3 is 25.3 Å². The van der Waals surface area contributed by atoms with Crippen LogP contribution < -0.4 is 20.5 Å². The Balaban J connectivity index is 2.61. The van der Waals surface area contributed by atoms with E-state index in [1.807, 2.05) is 0 Å². The van der Waals surface area contributed by atoms with Crippen molar-refractivity contribution in [3.05, 3.63) is 17.7 Å². The third kappa shape index (κ3) is 5.15. The molecule has 0 fully saturated rings. The fraction of sp³-hybridized carbons (Fsp3) is 0.533. The second kappa shape index (κ2) is 9.07. The lowest BCUT2D eigenvalue weighted by Gasteiger charge is -2.12. The quantitative estimate of drug-likeness (QED) is 0.536. The van der Waals surface area contributed by atoms with Gasteiger partial charge in [-0.15, -0.1) is 0 Å². The van der Waals surface area contributed by atoms with Crippen molar-refractivity contribution in [3.63, 3.8) is 0 Å². The van der Waals surface area contributed by atoms with Gasteiger partial charge in [0.1, 0.15) is 11.5 Å². The molecule has 118 valence electrons. The SMILES string of the molecule is COCCCCCNC(=O)c1cc(OC)cc(OC)c1N. The molecule has 0 saturated heterocycles. The van der Waals surface area contributed by atoms with Crippen LogP contribution in [0.3, 0.4) is 0 Å². The molecule has 0 bridgehead atoms. The van der Waals surface area contributed by atoms with Crippen molar-refractivity contribution in [2.45, 2.75) is 19.3 Å². The van der Waals surface area contributed by atoms with Crippen LogP contribution >= 0.6 is 0 Å². The lowest BCUT2D eigenvalue weighted by molar-refractivity contribution is 0.0953. The number of anilines is 1. The lowest BCUT2D eigenvalue weighted by Crippen LogP contribution is -2.25. The van der Waals surface area contributed by atoms with Gasteiger partial charge in [0.2, 0.25) is 0 Å². The minimum absolute atomic E-state index is 0.226. The van der Waals surface area contributed by atoms with Crippen molar-refractivity contribution < 1.29 is 19.0 Å². The number of hydrogen-bond acceptors (Lipinski definition) is 5. The number of ether oxygens (including phenoxy) is 3. The van der Waals surface area contributed by atoms with E-state index < -0.39 is 0 Å². The van der Waals surface area contributed by atoms with E-state index in [9.17, 15) is 4.79 Å². The third-order valence-corrected chi connectivity index (χ3v) is 3.13. The summed E-state index contributed by atoms with van der Waals surface area (Å²) >= 11 is 0. The fourth-order valence-electron chi connectivity index (χ4n) is 1.92. The van der Waals surface area contributed by atoms with Gasteiger partial charge in [-0.05, 0) is 25.3 Å². The number of rotatable bonds is 9. The Morgan fingerprint density at radius 1 is 1.14 bits per heavy atom. The van der Waals surface area contributed by atoms with Gasteiger partial charge in [-0.1, -0.05) is 0 Å². The molecule has 6 nitrogen and oxygen atoms in total. The van der Waals surface area contributed by atoms with Crippen molar-refractivity contribution in [3.8, 4) is 11.5 Å². The Bertz CT molecular complexity index is 463. The summed E-state index contributed by atoms with van der Waals surface area (Å²) in [7, 11) is 4.71. The summed E-state index contributed by atoms with van der Waals surface area (Å²) in [6.07, 6.45) is 2.89. The van der Waals surface area contributed by atoms with Crippen LogP contribution in [0.5, 0.6) is 11.5 Å². The number of nitrogens with one attached hydrogen (secondary N) is 1. The van der Waals surface area contributed by atoms with Gasteiger partial charge in [0.15, 0.2) is 0 Å². The summed E-state index contributed by atoms with van der Waals surface area (Å²) in [4.78, 5) is 12.2. The van der Waals surface area contributed by atoms with E-state index in [-0.39, 0.29) is 5.91 Å². The Morgan fingerprint density at radius 3 is 2.52 bits per heavy atom. The summed E-state index contributed by atoms with van der Waals surface area (Å²) in [6.45, 7) is 1.34. The summed E-state index contributed by atoms with van der Waals surface area (Å²) < 4.78 is 15.3. The van der Waals surface area contributed by atoms with Crippen LogP contribution in [0.2, 0.25) is 0 Å². The first-order chi connectivity index (χ1) is 10.1. The number of nitrogen functional groups attached to an aromatic ring is 1. The molecule has 21 heavy (non-hydrogen) atoms. The Labute approximate surface area is 125 Å². The smallest absolute Gasteiger partial charge is 0.253 e. The van der Waals surface area contributed by atoms with E-state index in [1.165, 1.54) is 14.2 Å². The van der Waals surface area contributed by atoms with Crippen molar-refractivity contribution in [2.24, 2.45) is 0 Å². The lowest BCUT2D eigenvalue weighted by atomic mass is 10.1. The zero-order chi connectivity index (χ0) is 15.7. The first-order valence-corrected chi connectivity index (χ1v) is 6.92. The number of benzene rings is 1. The molecule has 0 aliphatic rings. The minimum atomic E-state index is -0.226. The van der Waals surface area contributed by atoms with E-state index >= 15 is 0 Å². The molecule has 1 aromatic carbocycles. The monoisotopic (exact) mass is 296 g/mol. The van der Waals surface area contributed by atoms with Gasteiger partial charge in [-0.3, -0.25) is 4.79 Å². The van der Waals surface area contributed by atoms with E-state index in [1.54, 1.807) is 19.2 Å². The number of hydrogen-bond donors (Lipinski definition) is 2. The molecule has 0 heterocycles. The van der Waals surface area contributed by atoms with Crippen molar-refractivity contribution in [1.29, 1.82) is 0 Å². The van der Waals surface area contributed by atoms with Crippen molar-refractivity contribution >= 4 is 11.6 Å². The van der Waals surface area contributed by atoms with Crippen LogP contribution in [-0.2, 0) is 4.74 Å². The molecular formula is C15H24N2O4. The van der Waals surface area contributed by atoms with Crippen LogP contribution in [0.25, 0.3) is 0 Å². The zero-order valence-electron chi connectivity index (χ0n) is 12.9. The first-order valence-electron chi connectivity index (χ1n) is 6.92. The van der Waals surface area contributed by atoms with Crippen LogP contribution in [-0.4, -0.2) is 40.4 Å². The van der Waals surface area contributed by atoms with Crippen molar-refractivity contribution in [1.82, 2.24) is 5.32 Å². The average Bonchev–Trinajstić information content (AvgIpc) is 2.50. The fourth-order valence-corrected chi connectivity index (χ4v) is 1.92. The third-order valence-electron chi connectivity index (χ3n) is 3.13. The summed E-state index contributed by atoms with van der Waals surface area (Å²) in [5.74, 6) is 0.738. The molecular weight excluding hydrogens is 272 g/mol. The van der Waals surface area contributed by atoms with Gasteiger partial charge in [0.25, 0.3) is 5.91 Å². The average molecular weight is 296 g/mol. The second-order valence-electron chi connectivity index (χ2n) is 4.60. The summed E-state index contributed by atoms with van der Waals surface area (Å²) in [5, 5.41) is 2.85. The number of nitrogens with two attached hydrogens (primary N) is 1. The highest BCUT2D eigenvalue weighted by molar-refractivity contribution is 6.00. The van der Waals surface area contributed by atoms with Crippen LogP contribution in [0, 0.1) is 0 Å². The largest absolute Gasteiger partial charge is 0.497 e. The van der Waals surface area contributed by atoms with Gasteiger partial charge in [-0.2, -0.15) is 0 Å². The first kappa shape index (κ1) is 17.1. The van der Waals surface area contributed by atoms with Crippen LogP contribution in [0.1, 0.15) is 29.6 Å². The topological polar surface area (TPSA) is 82.8 Å². The maximum absolute atomic E-state index is 12.2. The number of methoxy groups -OCH3 is 3. The number of carbonyl (C=O) groups is 1. The molecule has 1 amide bonds. The molecule has 0 aliphatic heterocycles. The Hall–Kier alpha value is -1.95. The van der Waals surface area contributed by atoms with E-state index in [0.717, 1.165) is 25.9 Å². The molecule has 0 radical (unpaired) electrons. The standard InChI is InChI=1S/C15H24N2O4/c1-19-8-6-4-5-7-17-15(18)12-9-11(20-2)10-13(21-3)14(12)16/h9-10H,4-8,16H2,1-3H3,(H,17,18). The van der Waals surface area contributed by atoms with E-state index in [2.05, 4.69) is 5.32 Å². The highest BCUT2D eigenvalue weighted by Gasteiger charge is 2.15. The Kier molecular flexibility index (Phi) is 7.39. The molecule has 0 aromatic heterocycles. The minimum Gasteiger partial charge on any atom is -0.497 e. The predicted octanol–water partition coefficient (Wildman–Crippen LogP) is 1.83. The Morgan fingerprint density at radius 2 is 1.90 bits per heavy atom. The molecule has 1 rings (SSSR count). The normalized spacial score (nSPS) is 10.2. The van der Waals surface area contributed by atoms with Gasteiger partial charge in [-0.25, -0.2) is 0 Å². The molecule has 6 heteroatoms. The predicted molar refractivity (Wildman–Crippen MR) is 82.0 cm³/mol. The van der Waals surface area contributed by atoms with Crippen LogP contribution in [0.15, 0.2) is 12.1 Å². The summed E-state index contributed by atoms with van der Waals surface area (Å²) in [5.41, 5.74) is 6.61. The number of unbranched alkanes of at least 4 members (excludes halogenated alkanes) is 2. The van der Waals surface area contributed by atoms with E-state index in [0.29, 0.717) is 29.3 Å². The second-order valence-corrected chi connectivity index (χ2v) is 4.60. The van der Waals surface area contributed by atoms with Gasteiger partial charge in [0.05, 0.1) is 25.5 Å². The molecule has 0 unspecified atom stereocenters. The van der Waals surface area contributed by atoms with Gasteiger partial charge >= 0.3 is 0 Å². The molecule has 0 spiro atoms. The van der Waals surface area contributed by atoms with Gasteiger partial charge in [0, 0.05) is 26.3 Å². The molecule has 0 atom stereocenters. The number of amides is 1. The molecule has 0 aliphatic carbocycles. The maximum atomic E-state index is 12.2. The molecule has 3 N–H and O–H groups in total. The highest BCUT2D eigenvalue weighted by atomic mass is 16.5. The highest BCUT2D eigenvalue weighted by Crippen LogP contribution is 2.30. The molecule has 1 aromatic rings.